The Bertz CT molecular complexity index is 472. The Kier molecular flexibility index (Phi) is 2.99. The zero-order chi connectivity index (χ0) is 12.5. The molecule has 1 saturated heterocycles. The molecule has 90 valence electrons. The van der Waals surface area contributed by atoms with Crippen LogP contribution in [0.5, 0.6) is 0 Å². The van der Waals surface area contributed by atoms with Gasteiger partial charge in [-0.2, -0.15) is 5.26 Å². The van der Waals surface area contributed by atoms with Gasteiger partial charge in [-0.1, -0.05) is 0 Å². The van der Waals surface area contributed by atoms with Gasteiger partial charge in [0.05, 0.1) is 30.5 Å². The predicted molar refractivity (Wildman–Crippen MR) is 58.9 cm³/mol. The molecule has 2 rings (SSSR count). The van der Waals surface area contributed by atoms with Crippen LogP contribution in [0.15, 0.2) is 18.2 Å². The van der Waals surface area contributed by atoms with Crippen LogP contribution in [-0.2, 0) is 0 Å². The van der Waals surface area contributed by atoms with Gasteiger partial charge in [0.1, 0.15) is 5.82 Å². The van der Waals surface area contributed by atoms with Crippen molar-refractivity contribution >= 4 is 5.69 Å². The molecule has 1 aromatic rings. The molecule has 0 radical (unpaired) electrons. The molecule has 0 bridgehead atoms. The van der Waals surface area contributed by atoms with Crippen LogP contribution < -0.4 is 4.90 Å². The number of nitriles is 1. The number of anilines is 1. The van der Waals surface area contributed by atoms with Crippen LogP contribution >= 0.6 is 0 Å². The number of halogens is 2. The van der Waals surface area contributed by atoms with Crippen LogP contribution in [0.4, 0.5) is 14.5 Å². The number of hydrogen-bond acceptors (Lipinski definition) is 3. The lowest BCUT2D eigenvalue weighted by Crippen LogP contribution is -2.32. The van der Waals surface area contributed by atoms with Crippen molar-refractivity contribution in [2.75, 3.05) is 24.6 Å². The van der Waals surface area contributed by atoms with E-state index in [1.165, 1.54) is 12.1 Å². The Morgan fingerprint density at radius 1 is 1.53 bits per heavy atom. The van der Waals surface area contributed by atoms with Gasteiger partial charge in [0.25, 0.3) is 0 Å². The van der Waals surface area contributed by atoms with Crippen LogP contribution in [0.1, 0.15) is 12.0 Å². The Balaban J connectivity index is 2.23. The Morgan fingerprint density at radius 3 is 2.82 bits per heavy atom. The van der Waals surface area contributed by atoms with Crippen molar-refractivity contribution in [1.29, 1.82) is 5.26 Å². The first-order valence-corrected chi connectivity index (χ1v) is 5.32. The number of aliphatic hydroxyl groups excluding tert-OH is 1. The van der Waals surface area contributed by atoms with Gasteiger partial charge in [0.2, 0.25) is 0 Å². The van der Waals surface area contributed by atoms with Crippen LogP contribution in [-0.4, -0.2) is 30.5 Å². The zero-order valence-corrected chi connectivity index (χ0v) is 9.16. The lowest BCUT2D eigenvalue weighted by atomic mass is 10.1. The fourth-order valence-electron chi connectivity index (χ4n) is 2.00. The van der Waals surface area contributed by atoms with Gasteiger partial charge in [-0.3, -0.25) is 0 Å². The first-order valence-electron chi connectivity index (χ1n) is 5.32. The van der Waals surface area contributed by atoms with Gasteiger partial charge in [0, 0.05) is 13.0 Å². The average molecular weight is 238 g/mol. The second-order valence-corrected chi connectivity index (χ2v) is 4.26. The summed E-state index contributed by atoms with van der Waals surface area (Å²) in [6.45, 7) is -0.215. The summed E-state index contributed by atoms with van der Waals surface area (Å²) >= 11 is 0. The lowest BCUT2D eigenvalue weighted by Gasteiger charge is -2.21. The fraction of sp³-hybridized carbons (Fsp3) is 0.417. The molecule has 1 N–H and O–H groups in total. The summed E-state index contributed by atoms with van der Waals surface area (Å²) in [5, 5.41) is 17.5. The first kappa shape index (κ1) is 11.8. The Labute approximate surface area is 97.9 Å². The summed E-state index contributed by atoms with van der Waals surface area (Å²) in [6, 6.07) is 5.94. The highest BCUT2D eigenvalue weighted by Crippen LogP contribution is 2.31. The standard InChI is InChI=1S/C12H12F2N2O/c13-10-5-9(6-15)1-2-11(10)16-4-3-12(14,7-16)8-17/h1-2,5,17H,3-4,7-8H2/t12-/m0/s1. The summed E-state index contributed by atoms with van der Waals surface area (Å²) in [5.74, 6) is -0.536. The van der Waals surface area contributed by atoms with Crippen LogP contribution in [0, 0.1) is 17.1 Å². The molecule has 0 aliphatic carbocycles. The van der Waals surface area contributed by atoms with E-state index in [4.69, 9.17) is 10.4 Å². The van der Waals surface area contributed by atoms with Gasteiger partial charge in [-0.15, -0.1) is 0 Å². The van der Waals surface area contributed by atoms with Crippen LogP contribution in [0.25, 0.3) is 0 Å². The lowest BCUT2D eigenvalue weighted by molar-refractivity contribution is 0.0909. The van der Waals surface area contributed by atoms with Crippen molar-refractivity contribution in [2.45, 2.75) is 12.1 Å². The third-order valence-corrected chi connectivity index (χ3v) is 3.00. The third-order valence-electron chi connectivity index (χ3n) is 3.00. The smallest absolute Gasteiger partial charge is 0.152 e. The molecule has 1 heterocycles. The molecule has 1 atom stereocenters. The van der Waals surface area contributed by atoms with Gasteiger partial charge in [-0.25, -0.2) is 8.78 Å². The van der Waals surface area contributed by atoms with Crippen molar-refractivity contribution in [1.82, 2.24) is 0 Å². The third kappa shape index (κ3) is 2.22. The van der Waals surface area contributed by atoms with Crippen molar-refractivity contribution in [2.24, 2.45) is 0 Å². The molecule has 0 amide bonds. The van der Waals surface area contributed by atoms with E-state index >= 15 is 0 Å². The highest BCUT2D eigenvalue weighted by Gasteiger charge is 2.38. The van der Waals surface area contributed by atoms with E-state index < -0.39 is 18.1 Å². The summed E-state index contributed by atoms with van der Waals surface area (Å²) < 4.78 is 27.5. The Hall–Kier alpha value is -1.67. The fourth-order valence-corrected chi connectivity index (χ4v) is 2.00. The van der Waals surface area contributed by atoms with Crippen LogP contribution in [0.3, 0.4) is 0 Å². The minimum atomic E-state index is -1.65. The van der Waals surface area contributed by atoms with E-state index in [1.54, 1.807) is 4.90 Å². The largest absolute Gasteiger partial charge is 0.393 e. The van der Waals surface area contributed by atoms with Crippen LogP contribution in [0.2, 0.25) is 0 Å². The van der Waals surface area contributed by atoms with Crippen molar-refractivity contribution in [3.8, 4) is 6.07 Å². The molecule has 1 aromatic carbocycles. The average Bonchev–Trinajstić information content (AvgIpc) is 2.72. The minimum absolute atomic E-state index is 0.0215. The molecule has 3 nitrogen and oxygen atoms in total. The van der Waals surface area contributed by atoms with Gasteiger partial charge >= 0.3 is 0 Å². The highest BCUT2D eigenvalue weighted by molar-refractivity contribution is 5.52. The van der Waals surface area contributed by atoms with Crippen molar-refractivity contribution in [3.05, 3.63) is 29.6 Å². The number of hydrogen-bond donors (Lipinski definition) is 1. The molecular formula is C12H12F2N2O. The molecule has 0 aromatic heterocycles. The van der Waals surface area contributed by atoms with Gasteiger partial charge in [0.15, 0.2) is 5.67 Å². The topological polar surface area (TPSA) is 47.3 Å². The molecule has 0 spiro atoms. The van der Waals surface area contributed by atoms with E-state index in [1.807, 2.05) is 6.07 Å². The monoisotopic (exact) mass is 238 g/mol. The van der Waals surface area contributed by atoms with E-state index in [9.17, 15) is 8.78 Å². The normalized spacial score (nSPS) is 23.8. The minimum Gasteiger partial charge on any atom is -0.393 e. The molecule has 5 heteroatoms. The molecule has 0 saturated carbocycles. The second kappa shape index (κ2) is 4.30. The molecule has 0 unspecified atom stereocenters. The predicted octanol–water partition coefficient (Wildman–Crippen LogP) is 1.61. The molecule has 1 aliphatic heterocycles. The van der Waals surface area contributed by atoms with E-state index in [0.29, 0.717) is 6.54 Å². The summed E-state index contributed by atoms with van der Waals surface area (Å²) in [7, 11) is 0. The SMILES string of the molecule is N#Cc1ccc(N2CC[C@@](F)(CO)C2)c(F)c1. The first-order chi connectivity index (χ1) is 8.08. The Morgan fingerprint density at radius 2 is 2.29 bits per heavy atom. The molecule has 1 aliphatic rings. The summed E-state index contributed by atoms with van der Waals surface area (Å²) in [4.78, 5) is 1.55. The van der Waals surface area contributed by atoms with E-state index in [2.05, 4.69) is 0 Å². The maximum absolute atomic E-state index is 13.8. The summed E-state index contributed by atoms with van der Waals surface area (Å²) in [5.41, 5.74) is -1.14. The molecule has 1 fully saturated rings. The quantitative estimate of drug-likeness (QED) is 0.851. The number of alkyl halides is 1. The maximum atomic E-state index is 13.8. The van der Waals surface area contributed by atoms with E-state index in [0.717, 1.165) is 6.07 Å². The zero-order valence-electron chi connectivity index (χ0n) is 9.16. The van der Waals surface area contributed by atoms with Crippen molar-refractivity contribution < 1.29 is 13.9 Å². The van der Waals surface area contributed by atoms with E-state index in [-0.39, 0.29) is 24.2 Å². The van der Waals surface area contributed by atoms with Crippen molar-refractivity contribution in [3.63, 3.8) is 0 Å². The number of aliphatic hydroxyl groups is 1. The molecular weight excluding hydrogens is 226 g/mol. The van der Waals surface area contributed by atoms with Gasteiger partial charge in [-0.05, 0) is 18.2 Å². The number of nitrogens with zero attached hydrogens (tertiary/aromatic N) is 2. The highest BCUT2D eigenvalue weighted by atomic mass is 19.1. The molecule has 17 heavy (non-hydrogen) atoms. The summed E-state index contributed by atoms with van der Waals surface area (Å²) in [6.07, 6.45) is 0.183. The maximum Gasteiger partial charge on any atom is 0.152 e. The van der Waals surface area contributed by atoms with Gasteiger partial charge < -0.3 is 10.0 Å². The number of benzene rings is 1. The number of rotatable bonds is 2. The second-order valence-electron chi connectivity index (χ2n) is 4.26.